The zero-order chi connectivity index (χ0) is 13.2. The van der Waals surface area contributed by atoms with Crippen molar-refractivity contribution in [1.82, 2.24) is 24.7 Å². The average molecular weight is 254 g/mol. The lowest BCUT2D eigenvalue weighted by Gasteiger charge is -2.06. The smallest absolute Gasteiger partial charge is 0.154 e. The first-order valence-corrected chi connectivity index (χ1v) is 6.14. The van der Waals surface area contributed by atoms with Gasteiger partial charge in [0.15, 0.2) is 5.82 Å². The summed E-state index contributed by atoms with van der Waals surface area (Å²) in [7, 11) is 1.83. The number of nitrogens with one attached hydrogen (secondary N) is 1. The Labute approximate surface area is 110 Å². The third-order valence-corrected chi connectivity index (χ3v) is 2.95. The van der Waals surface area contributed by atoms with E-state index in [0.29, 0.717) is 0 Å². The Bertz CT molecular complexity index is 718. The lowest BCUT2D eigenvalue weighted by Crippen LogP contribution is -1.98. The minimum Gasteiger partial charge on any atom is -0.371 e. The van der Waals surface area contributed by atoms with Crippen molar-refractivity contribution in [2.75, 3.05) is 12.4 Å². The van der Waals surface area contributed by atoms with Crippen molar-refractivity contribution >= 4 is 16.9 Å². The molecule has 0 aliphatic carbocycles. The van der Waals surface area contributed by atoms with Crippen LogP contribution in [0.1, 0.15) is 6.92 Å². The molecule has 6 nitrogen and oxygen atoms in total. The second-order valence-electron chi connectivity index (χ2n) is 4.11. The maximum absolute atomic E-state index is 4.57. The van der Waals surface area contributed by atoms with E-state index in [1.807, 2.05) is 30.2 Å². The number of hydrogen-bond acceptors (Lipinski definition) is 5. The van der Waals surface area contributed by atoms with Gasteiger partial charge < -0.3 is 5.32 Å². The Morgan fingerprint density at radius 1 is 1.26 bits per heavy atom. The predicted molar refractivity (Wildman–Crippen MR) is 73.8 cm³/mol. The summed E-state index contributed by atoms with van der Waals surface area (Å²) in [4.78, 5) is 13.2. The Hall–Kier alpha value is -2.50. The second-order valence-corrected chi connectivity index (χ2v) is 4.11. The van der Waals surface area contributed by atoms with Gasteiger partial charge in [-0.2, -0.15) is 5.10 Å². The minimum atomic E-state index is 0.727. The van der Waals surface area contributed by atoms with Crippen LogP contribution in [0.3, 0.4) is 0 Å². The quantitative estimate of drug-likeness (QED) is 0.773. The molecule has 0 aliphatic heterocycles. The van der Waals surface area contributed by atoms with E-state index in [2.05, 4.69) is 32.3 Å². The molecule has 1 N–H and O–H groups in total. The molecule has 19 heavy (non-hydrogen) atoms. The van der Waals surface area contributed by atoms with E-state index >= 15 is 0 Å². The van der Waals surface area contributed by atoms with Gasteiger partial charge in [-0.3, -0.25) is 9.67 Å². The molecule has 6 heteroatoms. The molecule has 0 unspecified atom stereocenters. The minimum absolute atomic E-state index is 0.727. The monoisotopic (exact) mass is 254 g/mol. The molecular formula is C13H14N6. The van der Waals surface area contributed by atoms with Crippen LogP contribution in [0.5, 0.6) is 0 Å². The molecule has 0 saturated heterocycles. The van der Waals surface area contributed by atoms with Gasteiger partial charge in [0.05, 0.1) is 17.4 Å². The van der Waals surface area contributed by atoms with Gasteiger partial charge in [-0.25, -0.2) is 9.97 Å². The highest BCUT2D eigenvalue weighted by Gasteiger charge is 2.09. The lowest BCUT2D eigenvalue weighted by molar-refractivity contribution is 0.660. The molecule has 0 radical (unpaired) electrons. The Morgan fingerprint density at radius 2 is 2.11 bits per heavy atom. The second kappa shape index (κ2) is 4.64. The summed E-state index contributed by atoms with van der Waals surface area (Å²) >= 11 is 0. The fourth-order valence-electron chi connectivity index (χ4n) is 1.96. The summed E-state index contributed by atoms with van der Waals surface area (Å²) < 4.78 is 1.87. The molecular weight excluding hydrogens is 240 g/mol. The summed E-state index contributed by atoms with van der Waals surface area (Å²) in [6, 6.07) is 1.93. The van der Waals surface area contributed by atoms with Crippen molar-refractivity contribution in [3.63, 3.8) is 0 Å². The normalized spacial score (nSPS) is 10.8. The molecule has 0 saturated carbocycles. The van der Waals surface area contributed by atoms with Crippen molar-refractivity contribution in [3.8, 4) is 11.3 Å². The van der Waals surface area contributed by atoms with E-state index in [-0.39, 0.29) is 0 Å². The molecule has 96 valence electrons. The van der Waals surface area contributed by atoms with Crippen LogP contribution in [-0.4, -0.2) is 31.8 Å². The molecule has 3 heterocycles. The van der Waals surface area contributed by atoms with E-state index in [1.165, 1.54) is 0 Å². The maximum Gasteiger partial charge on any atom is 0.154 e. The number of anilines is 1. The number of pyridine rings is 1. The van der Waals surface area contributed by atoms with Crippen LogP contribution < -0.4 is 5.32 Å². The van der Waals surface area contributed by atoms with Gasteiger partial charge in [-0.15, -0.1) is 0 Å². The van der Waals surface area contributed by atoms with E-state index < -0.39 is 0 Å². The highest BCUT2D eigenvalue weighted by atomic mass is 15.3. The zero-order valence-corrected chi connectivity index (χ0v) is 10.8. The Morgan fingerprint density at radius 3 is 2.84 bits per heavy atom. The topological polar surface area (TPSA) is 68.5 Å². The van der Waals surface area contributed by atoms with Crippen molar-refractivity contribution in [2.45, 2.75) is 13.5 Å². The summed E-state index contributed by atoms with van der Waals surface area (Å²) in [5.74, 6) is 0.727. The van der Waals surface area contributed by atoms with Gasteiger partial charge in [0.2, 0.25) is 0 Å². The first-order valence-electron chi connectivity index (χ1n) is 6.14. The number of aryl methyl sites for hydroxylation is 1. The fraction of sp³-hybridized carbons (Fsp3) is 0.231. The van der Waals surface area contributed by atoms with Gasteiger partial charge in [0.1, 0.15) is 5.52 Å². The maximum atomic E-state index is 4.57. The highest BCUT2D eigenvalue weighted by molar-refractivity contribution is 5.88. The van der Waals surface area contributed by atoms with Crippen molar-refractivity contribution in [2.24, 2.45) is 0 Å². The van der Waals surface area contributed by atoms with Crippen LogP contribution in [0, 0.1) is 0 Å². The van der Waals surface area contributed by atoms with Crippen LogP contribution in [0.15, 0.2) is 30.9 Å². The molecule has 0 amide bonds. The Kier molecular flexibility index (Phi) is 2.83. The predicted octanol–water partition coefficient (Wildman–Crippen LogP) is 1.95. The molecule has 0 fully saturated rings. The summed E-state index contributed by atoms with van der Waals surface area (Å²) in [5, 5.41) is 7.33. The summed E-state index contributed by atoms with van der Waals surface area (Å²) in [6.45, 7) is 2.89. The number of fused-ring (bicyclic) bond motifs is 1. The third kappa shape index (κ3) is 2.01. The van der Waals surface area contributed by atoms with Crippen molar-refractivity contribution in [3.05, 3.63) is 30.9 Å². The van der Waals surface area contributed by atoms with Crippen LogP contribution in [0.4, 0.5) is 5.82 Å². The van der Waals surface area contributed by atoms with E-state index in [1.54, 1.807) is 12.4 Å². The summed E-state index contributed by atoms with van der Waals surface area (Å²) in [5.41, 5.74) is 3.42. The molecule has 0 aliphatic rings. The number of aromatic nitrogens is 5. The van der Waals surface area contributed by atoms with E-state index in [9.17, 15) is 0 Å². The average Bonchev–Trinajstić information content (AvgIpc) is 2.95. The van der Waals surface area contributed by atoms with Gasteiger partial charge in [0, 0.05) is 37.7 Å². The molecule has 0 atom stereocenters. The highest BCUT2D eigenvalue weighted by Crippen LogP contribution is 2.24. The van der Waals surface area contributed by atoms with Crippen LogP contribution in [0.2, 0.25) is 0 Å². The molecule has 0 aromatic carbocycles. The van der Waals surface area contributed by atoms with Gasteiger partial charge in [0.25, 0.3) is 0 Å². The third-order valence-electron chi connectivity index (χ3n) is 2.95. The number of nitrogens with zero attached hydrogens (tertiary/aromatic N) is 5. The van der Waals surface area contributed by atoms with Crippen molar-refractivity contribution < 1.29 is 0 Å². The zero-order valence-electron chi connectivity index (χ0n) is 10.8. The molecule has 3 aromatic heterocycles. The standard InChI is InChI=1S/C13H14N6/c1-3-19-8-9(7-17-19)10-6-11-12(13(14-2)18-10)16-5-4-15-11/h4-8H,3H2,1-2H3,(H,14,18). The fourth-order valence-corrected chi connectivity index (χ4v) is 1.96. The van der Waals surface area contributed by atoms with Gasteiger partial charge in [-0.05, 0) is 13.0 Å². The SMILES string of the molecule is CCn1cc(-c2cc3nccnc3c(NC)n2)cn1. The van der Waals surface area contributed by atoms with Crippen molar-refractivity contribution in [1.29, 1.82) is 0 Å². The first kappa shape index (κ1) is 11.6. The number of rotatable bonds is 3. The van der Waals surface area contributed by atoms with Gasteiger partial charge in [-0.1, -0.05) is 0 Å². The summed E-state index contributed by atoms with van der Waals surface area (Å²) in [6.07, 6.45) is 7.14. The lowest BCUT2D eigenvalue weighted by atomic mass is 10.2. The molecule has 3 rings (SSSR count). The molecule has 3 aromatic rings. The van der Waals surface area contributed by atoms with E-state index in [0.717, 1.165) is 34.7 Å². The van der Waals surface area contributed by atoms with Crippen LogP contribution in [0.25, 0.3) is 22.3 Å². The van der Waals surface area contributed by atoms with E-state index in [4.69, 9.17) is 0 Å². The molecule has 0 bridgehead atoms. The number of hydrogen-bond donors (Lipinski definition) is 1. The van der Waals surface area contributed by atoms with Crippen LogP contribution >= 0.6 is 0 Å². The molecule has 0 spiro atoms. The van der Waals surface area contributed by atoms with Gasteiger partial charge >= 0.3 is 0 Å². The largest absolute Gasteiger partial charge is 0.371 e. The Balaban J connectivity index is 2.18. The van der Waals surface area contributed by atoms with Crippen LogP contribution in [-0.2, 0) is 6.54 Å². The first-order chi connectivity index (χ1) is 9.31.